The minimum Gasteiger partial charge on any atom is -0.399 e. The van der Waals surface area contributed by atoms with Crippen molar-refractivity contribution >= 4 is 33.6 Å². The van der Waals surface area contributed by atoms with E-state index in [1.54, 1.807) is 36.7 Å². The average Bonchev–Trinajstić information content (AvgIpc) is 3.12. The smallest absolute Gasteiger partial charge is 0.399 e. The third kappa shape index (κ3) is 3.10. The standard InChI is InChI=1S/C21H25BN2O4S/c1-14-7-9-16(10-8-14)29(25,26)24-13-17(18-15(2)11-12-23-19(18)24)22-27-20(3,4)21(5,6)28-22/h7-13H,1-6H3. The summed E-state index contributed by atoms with van der Waals surface area (Å²) in [5.74, 6) is 0. The van der Waals surface area contributed by atoms with Crippen molar-refractivity contribution in [1.29, 1.82) is 0 Å². The van der Waals surface area contributed by atoms with E-state index in [-0.39, 0.29) is 4.90 Å². The van der Waals surface area contributed by atoms with Crippen molar-refractivity contribution < 1.29 is 17.7 Å². The van der Waals surface area contributed by atoms with Crippen molar-refractivity contribution in [2.45, 2.75) is 57.6 Å². The van der Waals surface area contributed by atoms with E-state index in [1.807, 2.05) is 47.6 Å². The molecule has 1 saturated heterocycles. The van der Waals surface area contributed by atoms with Crippen molar-refractivity contribution in [3.63, 3.8) is 0 Å². The normalized spacial score (nSPS) is 18.5. The molecule has 2 aromatic heterocycles. The fraction of sp³-hybridized carbons (Fsp3) is 0.381. The minimum atomic E-state index is -3.82. The molecule has 29 heavy (non-hydrogen) atoms. The summed E-state index contributed by atoms with van der Waals surface area (Å²) in [6.45, 7) is 11.7. The molecule has 0 saturated carbocycles. The minimum absolute atomic E-state index is 0.212. The number of aryl methyl sites for hydroxylation is 2. The number of pyridine rings is 1. The van der Waals surface area contributed by atoms with Crippen LogP contribution in [0.3, 0.4) is 0 Å². The summed E-state index contributed by atoms with van der Waals surface area (Å²) in [5, 5.41) is 0.738. The SMILES string of the molecule is Cc1ccc(S(=O)(=O)n2cc(B3OC(C)(C)C(C)(C)O3)c3c(C)ccnc32)cc1. The Labute approximate surface area is 172 Å². The van der Waals surface area contributed by atoms with Gasteiger partial charge in [0.05, 0.1) is 16.1 Å². The van der Waals surface area contributed by atoms with Crippen LogP contribution in [0.25, 0.3) is 11.0 Å². The Kier molecular flexibility index (Phi) is 4.46. The third-order valence-corrected chi connectivity index (χ3v) is 7.64. The Morgan fingerprint density at radius 3 is 2.14 bits per heavy atom. The molecule has 0 N–H and O–H groups in total. The first-order chi connectivity index (χ1) is 13.4. The maximum atomic E-state index is 13.4. The third-order valence-electron chi connectivity index (χ3n) is 5.98. The quantitative estimate of drug-likeness (QED) is 0.618. The Morgan fingerprint density at radius 1 is 0.966 bits per heavy atom. The Bertz CT molecular complexity index is 1180. The first-order valence-electron chi connectivity index (χ1n) is 9.58. The maximum Gasteiger partial charge on any atom is 0.497 e. The largest absolute Gasteiger partial charge is 0.497 e. The van der Waals surface area contributed by atoms with E-state index in [0.717, 1.165) is 16.5 Å². The summed E-state index contributed by atoms with van der Waals surface area (Å²) in [6, 6.07) is 8.65. The Morgan fingerprint density at radius 2 is 1.55 bits per heavy atom. The van der Waals surface area contributed by atoms with Crippen LogP contribution in [0.5, 0.6) is 0 Å². The van der Waals surface area contributed by atoms with Gasteiger partial charge in [0.1, 0.15) is 0 Å². The molecular weight excluding hydrogens is 387 g/mol. The fourth-order valence-corrected chi connectivity index (χ4v) is 4.80. The monoisotopic (exact) mass is 412 g/mol. The molecule has 152 valence electrons. The molecule has 1 aromatic carbocycles. The van der Waals surface area contributed by atoms with Gasteiger partial charge in [-0.05, 0) is 65.3 Å². The lowest BCUT2D eigenvalue weighted by molar-refractivity contribution is 0.00578. The number of nitrogens with zero attached hydrogens (tertiary/aromatic N) is 2. The molecule has 1 fully saturated rings. The van der Waals surface area contributed by atoms with Gasteiger partial charge in [-0.3, -0.25) is 0 Å². The van der Waals surface area contributed by atoms with Crippen molar-refractivity contribution in [3.8, 4) is 0 Å². The van der Waals surface area contributed by atoms with Gasteiger partial charge in [0.2, 0.25) is 0 Å². The summed E-state index contributed by atoms with van der Waals surface area (Å²) in [7, 11) is -4.50. The summed E-state index contributed by atoms with van der Waals surface area (Å²) in [5.41, 5.74) is 1.89. The predicted molar refractivity (Wildman–Crippen MR) is 114 cm³/mol. The van der Waals surface area contributed by atoms with E-state index in [0.29, 0.717) is 11.1 Å². The number of hydrogen-bond donors (Lipinski definition) is 0. The van der Waals surface area contributed by atoms with Gasteiger partial charge >= 0.3 is 7.12 Å². The molecule has 0 unspecified atom stereocenters. The molecule has 0 radical (unpaired) electrons. The van der Waals surface area contributed by atoms with Crippen molar-refractivity contribution in [3.05, 3.63) is 53.9 Å². The Hall–Kier alpha value is -2.16. The highest BCUT2D eigenvalue weighted by molar-refractivity contribution is 7.90. The summed E-state index contributed by atoms with van der Waals surface area (Å²) in [4.78, 5) is 4.60. The summed E-state index contributed by atoms with van der Waals surface area (Å²) >= 11 is 0. The second-order valence-corrected chi connectivity index (χ2v) is 10.4. The van der Waals surface area contributed by atoms with Crippen LogP contribution in [0.1, 0.15) is 38.8 Å². The maximum absolute atomic E-state index is 13.4. The van der Waals surface area contributed by atoms with Gasteiger partial charge in [0.15, 0.2) is 5.65 Å². The predicted octanol–water partition coefficient (Wildman–Crippen LogP) is 3.19. The zero-order valence-corrected chi connectivity index (χ0v) is 18.4. The van der Waals surface area contributed by atoms with Crippen LogP contribution in [0.4, 0.5) is 0 Å². The van der Waals surface area contributed by atoms with E-state index < -0.39 is 28.3 Å². The zero-order valence-electron chi connectivity index (χ0n) is 17.6. The van der Waals surface area contributed by atoms with E-state index in [1.165, 1.54) is 3.97 Å². The van der Waals surface area contributed by atoms with E-state index >= 15 is 0 Å². The van der Waals surface area contributed by atoms with Crippen molar-refractivity contribution in [2.75, 3.05) is 0 Å². The molecule has 1 aliphatic heterocycles. The molecule has 6 nitrogen and oxygen atoms in total. The molecule has 4 rings (SSSR count). The lowest BCUT2D eigenvalue weighted by Crippen LogP contribution is -2.41. The molecule has 0 aliphatic carbocycles. The molecule has 0 spiro atoms. The van der Waals surface area contributed by atoms with Crippen LogP contribution in [0, 0.1) is 13.8 Å². The van der Waals surface area contributed by atoms with Gasteiger partial charge in [-0.25, -0.2) is 17.4 Å². The van der Waals surface area contributed by atoms with Crippen LogP contribution >= 0.6 is 0 Å². The van der Waals surface area contributed by atoms with Crippen LogP contribution in [-0.2, 0) is 19.3 Å². The summed E-state index contributed by atoms with van der Waals surface area (Å²) in [6.07, 6.45) is 3.20. The van der Waals surface area contributed by atoms with Gasteiger partial charge in [-0.1, -0.05) is 17.7 Å². The topological polar surface area (TPSA) is 70.4 Å². The number of rotatable bonds is 3. The molecule has 3 aromatic rings. The molecule has 0 amide bonds. The molecular formula is C21H25BN2O4S. The lowest BCUT2D eigenvalue weighted by Gasteiger charge is -2.32. The molecule has 1 aliphatic rings. The number of hydrogen-bond acceptors (Lipinski definition) is 5. The van der Waals surface area contributed by atoms with Crippen LogP contribution in [-0.4, -0.2) is 35.7 Å². The summed E-state index contributed by atoms with van der Waals surface area (Å²) < 4.78 is 40.4. The van der Waals surface area contributed by atoms with E-state index in [4.69, 9.17) is 9.31 Å². The first kappa shape index (κ1) is 20.1. The van der Waals surface area contributed by atoms with Gasteiger partial charge in [0.25, 0.3) is 10.0 Å². The van der Waals surface area contributed by atoms with Gasteiger partial charge in [0, 0.05) is 23.2 Å². The number of fused-ring (bicyclic) bond motifs is 1. The van der Waals surface area contributed by atoms with Gasteiger partial charge in [-0.15, -0.1) is 0 Å². The van der Waals surface area contributed by atoms with Crippen molar-refractivity contribution in [1.82, 2.24) is 8.96 Å². The molecule has 8 heteroatoms. The molecule has 0 atom stereocenters. The second-order valence-electron chi connectivity index (χ2n) is 8.61. The first-order valence-corrected chi connectivity index (χ1v) is 11.0. The van der Waals surface area contributed by atoms with Crippen LogP contribution < -0.4 is 5.46 Å². The fourth-order valence-electron chi connectivity index (χ4n) is 3.48. The molecule has 3 heterocycles. The van der Waals surface area contributed by atoms with Crippen LogP contribution in [0.15, 0.2) is 47.6 Å². The highest BCUT2D eigenvalue weighted by Crippen LogP contribution is 2.37. The van der Waals surface area contributed by atoms with E-state index in [2.05, 4.69) is 4.98 Å². The number of aromatic nitrogens is 2. The van der Waals surface area contributed by atoms with E-state index in [9.17, 15) is 8.42 Å². The molecule has 0 bridgehead atoms. The number of benzene rings is 1. The second kappa shape index (κ2) is 6.42. The zero-order chi connectivity index (χ0) is 21.2. The lowest BCUT2D eigenvalue weighted by atomic mass is 9.78. The van der Waals surface area contributed by atoms with Crippen molar-refractivity contribution in [2.24, 2.45) is 0 Å². The van der Waals surface area contributed by atoms with Gasteiger partial charge < -0.3 is 9.31 Å². The highest BCUT2D eigenvalue weighted by Gasteiger charge is 2.52. The highest BCUT2D eigenvalue weighted by atomic mass is 32.2. The van der Waals surface area contributed by atoms with Gasteiger partial charge in [-0.2, -0.15) is 0 Å². The average molecular weight is 412 g/mol. The Balaban J connectivity index is 1.92. The van der Waals surface area contributed by atoms with Crippen LogP contribution in [0.2, 0.25) is 0 Å².